The highest BCUT2D eigenvalue weighted by atomic mass is 16.2. The quantitative estimate of drug-likeness (QED) is 0.519. The molecule has 15 heavy (non-hydrogen) atoms. The van der Waals surface area contributed by atoms with Gasteiger partial charge in [-0.3, -0.25) is 9.59 Å². The second-order valence-electron chi connectivity index (χ2n) is 3.46. The smallest absolute Gasteiger partial charge is 0.239 e. The fraction of sp³-hybridized carbons (Fsp3) is 0.600. The van der Waals surface area contributed by atoms with Gasteiger partial charge in [0.2, 0.25) is 11.8 Å². The van der Waals surface area contributed by atoms with Gasteiger partial charge in [-0.15, -0.1) is 6.58 Å². The molecule has 1 atom stereocenters. The molecule has 0 aliphatic carbocycles. The summed E-state index contributed by atoms with van der Waals surface area (Å²) in [5.41, 5.74) is 0. The van der Waals surface area contributed by atoms with Crippen LogP contribution in [0.2, 0.25) is 0 Å². The average Bonchev–Trinajstić information content (AvgIpc) is 2.76. The fourth-order valence-electron chi connectivity index (χ4n) is 1.45. The van der Waals surface area contributed by atoms with Gasteiger partial charge in [0, 0.05) is 6.54 Å². The lowest BCUT2D eigenvalue weighted by molar-refractivity contribution is -0.127. The molecule has 2 amide bonds. The summed E-state index contributed by atoms with van der Waals surface area (Å²) in [6.07, 6.45) is 3.46. The van der Waals surface area contributed by atoms with Crippen LogP contribution in [0.15, 0.2) is 12.7 Å². The lowest BCUT2D eigenvalue weighted by Crippen LogP contribution is -2.44. The van der Waals surface area contributed by atoms with Crippen LogP contribution in [0.3, 0.4) is 0 Å². The average molecular weight is 211 g/mol. The molecule has 5 heteroatoms. The minimum absolute atomic E-state index is 0.0326. The van der Waals surface area contributed by atoms with Crippen molar-refractivity contribution >= 4 is 11.8 Å². The zero-order chi connectivity index (χ0) is 11.1. The zero-order valence-electron chi connectivity index (χ0n) is 8.71. The number of amides is 2. The summed E-state index contributed by atoms with van der Waals surface area (Å²) >= 11 is 0. The maximum absolute atomic E-state index is 11.4. The Kier molecular flexibility index (Phi) is 4.83. The molecule has 1 fully saturated rings. The van der Waals surface area contributed by atoms with E-state index >= 15 is 0 Å². The van der Waals surface area contributed by atoms with Crippen LogP contribution in [0.4, 0.5) is 0 Å². The third-order valence-corrected chi connectivity index (χ3v) is 2.24. The molecule has 84 valence electrons. The highest BCUT2D eigenvalue weighted by molar-refractivity contribution is 5.87. The van der Waals surface area contributed by atoms with Crippen molar-refractivity contribution in [3.8, 4) is 0 Å². The van der Waals surface area contributed by atoms with Gasteiger partial charge in [-0.25, -0.2) is 0 Å². The van der Waals surface area contributed by atoms with Crippen LogP contribution in [0.5, 0.6) is 0 Å². The first-order chi connectivity index (χ1) is 7.24. The predicted molar refractivity (Wildman–Crippen MR) is 57.2 cm³/mol. The Labute approximate surface area is 89.3 Å². The molecular weight excluding hydrogens is 194 g/mol. The van der Waals surface area contributed by atoms with Crippen molar-refractivity contribution in [2.45, 2.75) is 18.9 Å². The second kappa shape index (κ2) is 6.19. The topological polar surface area (TPSA) is 70.2 Å². The minimum Gasteiger partial charge on any atom is -0.351 e. The Morgan fingerprint density at radius 3 is 2.87 bits per heavy atom. The molecule has 0 spiro atoms. The molecule has 1 unspecified atom stereocenters. The van der Waals surface area contributed by atoms with E-state index in [1.54, 1.807) is 6.08 Å². The van der Waals surface area contributed by atoms with Crippen molar-refractivity contribution in [3.05, 3.63) is 12.7 Å². The fourth-order valence-corrected chi connectivity index (χ4v) is 1.45. The van der Waals surface area contributed by atoms with Crippen LogP contribution in [0.1, 0.15) is 12.8 Å². The summed E-state index contributed by atoms with van der Waals surface area (Å²) in [5, 5.41) is 8.23. The maximum Gasteiger partial charge on any atom is 0.239 e. The molecule has 1 aliphatic heterocycles. The lowest BCUT2D eigenvalue weighted by Gasteiger charge is -2.10. The Hall–Kier alpha value is -1.36. The van der Waals surface area contributed by atoms with Crippen LogP contribution in [0.25, 0.3) is 0 Å². The van der Waals surface area contributed by atoms with Crippen LogP contribution in [-0.4, -0.2) is 37.5 Å². The summed E-state index contributed by atoms with van der Waals surface area (Å²) in [6.45, 7) is 4.81. The Balaban J connectivity index is 2.15. The Morgan fingerprint density at radius 1 is 1.47 bits per heavy atom. The molecule has 1 aliphatic rings. The molecule has 1 heterocycles. The first kappa shape index (κ1) is 11.7. The van der Waals surface area contributed by atoms with Crippen molar-refractivity contribution in [1.82, 2.24) is 16.0 Å². The van der Waals surface area contributed by atoms with E-state index in [0.717, 1.165) is 19.4 Å². The van der Waals surface area contributed by atoms with Crippen LogP contribution in [-0.2, 0) is 9.59 Å². The summed E-state index contributed by atoms with van der Waals surface area (Å²) < 4.78 is 0. The van der Waals surface area contributed by atoms with E-state index < -0.39 is 0 Å². The summed E-state index contributed by atoms with van der Waals surface area (Å²) in [4.78, 5) is 22.6. The van der Waals surface area contributed by atoms with E-state index in [9.17, 15) is 9.59 Å². The molecule has 0 aromatic rings. The van der Waals surface area contributed by atoms with Crippen molar-refractivity contribution in [2.75, 3.05) is 19.6 Å². The van der Waals surface area contributed by atoms with E-state index in [2.05, 4.69) is 22.5 Å². The highest BCUT2D eigenvalue weighted by Gasteiger charge is 2.21. The molecule has 0 bridgehead atoms. The number of hydrogen-bond acceptors (Lipinski definition) is 3. The largest absolute Gasteiger partial charge is 0.351 e. The molecule has 3 N–H and O–H groups in total. The standard InChI is InChI=1S/C10H17N3O2/c1-2-5-12-9(14)7-13-10(15)8-4-3-6-11-8/h2,8,11H,1,3-7H2,(H,12,14)(H,13,15). The molecular formula is C10H17N3O2. The number of hydrogen-bond donors (Lipinski definition) is 3. The molecule has 0 radical (unpaired) electrons. The predicted octanol–water partition coefficient (Wildman–Crippen LogP) is -0.843. The summed E-state index contributed by atoms with van der Waals surface area (Å²) in [5.74, 6) is -0.289. The molecule has 1 saturated heterocycles. The number of nitrogens with one attached hydrogen (secondary N) is 3. The Morgan fingerprint density at radius 2 is 2.27 bits per heavy atom. The van der Waals surface area contributed by atoms with Gasteiger partial charge < -0.3 is 16.0 Å². The lowest BCUT2D eigenvalue weighted by atomic mass is 10.2. The SMILES string of the molecule is C=CCNC(=O)CNC(=O)C1CCCN1. The molecule has 0 aromatic carbocycles. The normalized spacial score (nSPS) is 19.6. The first-order valence-electron chi connectivity index (χ1n) is 5.12. The number of carbonyl (C=O) groups excluding carboxylic acids is 2. The van der Waals surface area contributed by atoms with Crippen LogP contribution < -0.4 is 16.0 Å². The van der Waals surface area contributed by atoms with Crippen molar-refractivity contribution < 1.29 is 9.59 Å². The first-order valence-corrected chi connectivity index (χ1v) is 5.12. The van der Waals surface area contributed by atoms with Gasteiger partial charge in [0.05, 0.1) is 12.6 Å². The van der Waals surface area contributed by atoms with Gasteiger partial charge in [-0.1, -0.05) is 6.08 Å². The van der Waals surface area contributed by atoms with Crippen molar-refractivity contribution in [2.24, 2.45) is 0 Å². The summed E-state index contributed by atoms with van der Waals surface area (Å²) in [7, 11) is 0. The van der Waals surface area contributed by atoms with Crippen molar-refractivity contribution in [3.63, 3.8) is 0 Å². The van der Waals surface area contributed by atoms with E-state index in [-0.39, 0.29) is 24.4 Å². The molecule has 0 saturated carbocycles. The van der Waals surface area contributed by atoms with Gasteiger partial charge in [0.1, 0.15) is 0 Å². The third kappa shape index (κ3) is 4.12. The van der Waals surface area contributed by atoms with Gasteiger partial charge >= 0.3 is 0 Å². The van der Waals surface area contributed by atoms with Crippen LogP contribution in [0, 0.1) is 0 Å². The highest BCUT2D eigenvalue weighted by Crippen LogP contribution is 2.03. The molecule has 5 nitrogen and oxygen atoms in total. The molecule has 0 aromatic heterocycles. The van der Waals surface area contributed by atoms with Crippen molar-refractivity contribution in [1.29, 1.82) is 0 Å². The Bertz CT molecular complexity index is 247. The van der Waals surface area contributed by atoms with Gasteiger partial charge in [-0.05, 0) is 19.4 Å². The molecule has 1 rings (SSSR count). The maximum atomic E-state index is 11.4. The zero-order valence-corrected chi connectivity index (χ0v) is 8.71. The monoisotopic (exact) mass is 211 g/mol. The van der Waals surface area contributed by atoms with Gasteiger partial charge in [0.15, 0.2) is 0 Å². The van der Waals surface area contributed by atoms with Crippen LogP contribution >= 0.6 is 0 Å². The van der Waals surface area contributed by atoms with E-state index in [4.69, 9.17) is 0 Å². The summed E-state index contributed by atoms with van der Waals surface area (Å²) in [6, 6.07) is -0.128. The minimum atomic E-state index is -0.193. The number of carbonyl (C=O) groups is 2. The second-order valence-corrected chi connectivity index (χ2v) is 3.46. The third-order valence-electron chi connectivity index (χ3n) is 2.24. The van der Waals surface area contributed by atoms with E-state index in [1.165, 1.54) is 0 Å². The van der Waals surface area contributed by atoms with E-state index in [0.29, 0.717) is 6.54 Å². The van der Waals surface area contributed by atoms with Gasteiger partial charge in [-0.2, -0.15) is 0 Å². The van der Waals surface area contributed by atoms with E-state index in [1.807, 2.05) is 0 Å². The van der Waals surface area contributed by atoms with Gasteiger partial charge in [0.25, 0.3) is 0 Å². The number of rotatable bonds is 5.